The second-order valence-electron chi connectivity index (χ2n) is 5.91. The van der Waals surface area contributed by atoms with Crippen LogP contribution < -0.4 is 5.73 Å². The van der Waals surface area contributed by atoms with Crippen molar-refractivity contribution in [3.8, 4) is 0 Å². The van der Waals surface area contributed by atoms with E-state index in [1.807, 2.05) is 13.0 Å². The third-order valence-electron chi connectivity index (χ3n) is 3.97. The van der Waals surface area contributed by atoms with E-state index in [1.54, 1.807) is 0 Å². The topological polar surface area (TPSA) is 38.9 Å². The van der Waals surface area contributed by atoms with Gasteiger partial charge in [-0.05, 0) is 56.1 Å². The van der Waals surface area contributed by atoms with Gasteiger partial charge in [-0.15, -0.1) is 0 Å². The van der Waals surface area contributed by atoms with Crippen molar-refractivity contribution in [3.05, 3.63) is 29.6 Å². The standard InChI is InChI=1S/C15H24N2/c1-10-7-11(2)9-13(8-10)15(16)14-6-4-5-12(3)17-14/h4-6,10-11,13,15H,7-9,16H2,1-3H3. The molecule has 1 aromatic rings. The zero-order valence-electron chi connectivity index (χ0n) is 11.2. The van der Waals surface area contributed by atoms with E-state index in [0.29, 0.717) is 5.92 Å². The van der Waals surface area contributed by atoms with Crippen LogP contribution >= 0.6 is 0 Å². The van der Waals surface area contributed by atoms with Crippen molar-refractivity contribution in [2.45, 2.75) is 46.1 Å². The monoisotopic (exact) mass is 232 g/mol. The number of hydrogen-bond acceptors (Lipinski definition) is 2. The summed E-state index contributed by atoms with van der Waals surface area (Å²) in [7, 11) is 0. The first kappa shape index (κ1) is 12.6. The van der Waals surface area contributed by atoms with Crippen LogP contribution in [0.25, 0.3) is 0 Å². The average molecular weight is 232 g/mol. The number of nitrogens with two attached hydrogens (primary N) is 1. The SMILES string of the molecule is Cc1cccc(C(N)C2CC(C)CC(C)C2)n1. The van der Waals surface area contributed by atoms with E-state index in [0.717, 1.165) is 23.2 Å². The predicted octanol–water partition coefficient (Wildman–Crippen LogP) is 3.46. The van der Waals surface area contributed by atoms with Crippen LogP contribution in [0.15, 0.2) is 18.2 Å². The maximum absolute atomic E-state index is 6.40. The maximum Gasteiger partial charge on any atom is 0.0577 e. The predicted molar refractivity (Wildman–Crippen MR) is 71.6 cm³/mol. The van der Waals surface area contributed by atoms with Crippen LogP contribution in [0.5, 0.6) is 0 Å². The van der Waals surface area contributed by atoms with Gasteiger partial charge >= 0.3 is 0 Å². The summed E-state index contributed by atoms with van der Waals surface area (Å²) in [6.07, 6.45) is 3.85. The molecule has 94 valence electrons. The van der Waals surface area contributed by atoms with Crippen LogP contribution in [-0.2, 0) is 0 Å². The van der Waals surface area contributed by atoms with E-state index >= 15 is 0 Å². The molecule has 17 heavy (non-hydrogen) atoms. The van der Waals surface area contributed by atoms with Crippen LogP contribution in [0.3, 0.4) is 0 Å². The molecule has 3 atom stereocenters. The van der Waals surface area contributed by atoms with Gasteiger partial charge in [-0.1, -0.05) is 19.9 Å². The highest BCUT2D eigenvalue weighted by atomic mass is 14.8. The number of nitrogens with zero attached hydrogens (tertiary/aromatic N) is 1. The van der Waals surface area contributed by atoms with Gasteiger partial charge < -0.3 is 5.73 Å². The van der Waals surface area contributed by atoms with Crippen molar-refractivity contribution in [1.29, 1.82) is 0 Å². The van der Waals surface area contributed by atoms with Crippen LogP contribution in [0, 0.1) is 24.7 Å². The van der Waals surface area contributed by atoms with E-state index in [2.05, 4.69) is 31.0 Å². The van der Waals surface area contributed by atoms with Crippen LogP contribution in [-0.4, -0.2) is 4.98 Å². The first-order valence-corrected chi connectivity index (χ1v) is 6.75. The molecule has 1 heterocycles. The normalized spacial score (nSPS) is 31.2. The second-order valence-corrected chi connectivity index (χ2v) is 5.91. The Bertz CT molecular complexity index is 365. The quantitative estimate of drug-likeness (QED) is 0.848. The Morgan fingerprint density at radius 2 is 1.82 bits per heavy atom. The largest absolute Gasteiger partial charge is 0.322 e. The molecule has 0 aliphatic heterocycles. The highest BCUT2D eigenvalue weighted by Crippen LogP contribution is 2.38. The van der Waals surface area contributed by atoms with Gasteiger partial charge in [0.15, 0.2) is 0 Å². The molecule has 2 heteroatoms. The van der Waals surface area contributed by atoms with Crippen LogP contribution in [0.2, 0.25) is 0 Å². The molecule has 0 radical (unpaired) electrons. The molecule has 0 aromatic carbocycles. The minimum absolute atomic E-state index is 0.111. The van der Waals surface area contributed by atoms with Crippen molar-refractivity contribution in [2.75, 3.05) is 0 Å². The highest BCUT2D eigenvalue weighted by molar-refractivity contribution is 5.14. The first-order valence-electron chi connectivity index (χ1n) is 6.75. The maximum atomic E-state index is 6.40. The van der Waals surface area contributed by atoms with Gasteiger partial charge in [0, 0.05) is 11.7 Å². The minimum atomic E-state index is 0.111. The summed E-state index contributed by atoms with van der Waals surface area (Å²) >= 11 is 0. The minimum Gasteiger partial charge on any atom is -0.322 e. The van der Waals surface area contributed by atoms with Crippen molar-refractivity contribution in [2.24, 2.45) is 23.5 Å². The zero-order valence-corrected chi connectivity index (χ0v) is 11.2. The average Bonchev–Trinajstić information content (AvgIpc) is 2.26. The summed E-state index contributed by atoms with van der Waals surface area (Å²) in [5.41, 5.74) is 8.53. The molecule has 0 bridgehead atoms. The van der Waals surface area contributed by atoms with Crippen molar-refractivity contribution >= 4 is 0 Å². The molecule has 0 spiro atoms. The number of rotatable bonds is 2. The summed E-state index contributed by atoms with van der Waals surface area (Å²) in [5.74, 6) is 2.21. The van der Waals surface area contributed by atoms with Gasteiger partial charge in [0.05, 0.1) is 5.69 Å². The molecule has 1 fully saturated rings. The van der Waals surface area contributed by atoms with Crippen molar-refractivity contribution < 1.29 is 0 Å². The summed E-state index contributed by atoms with van der Waals surface area (Å²) in [4.78, 5) is 4.57. The van der Waals surface area contributed by atoms with Crippen LogP contribution in [0.1, 0.15) is 50.5 Å². The highest BCUT2D eigenvalue weighted by Gasteiger charge is 2.29. The van der Waals surface area contributed by atoms with Gasteiger partial charge in [0.25, 0.3) is 0 Å². The fourth-order valence-electron chi connectivity index (χ4n) is 3.29. The fraction of sp³-hybridized carbons (Fsp3) is 0.667. The van der Waals surface area contributed by atoms with Gasteiger partial charge in [-0.2, -0.15) is 0 Å². The molecule has 1 aliphatic rings. The van der Waals surface area contributed by atoms with Gasteiger partial charge in [-0.3, -0.25) is 4.98 Å². The zero-order chi connectivity index (χ0) is 12.4. The van der Waals surface area contributed by atoms with Crippen molar-refractivity contribution in [3.63, 3.8) is 0 Å². The molecule has 0 amide bonds. The molecule has 2 nitrogen and oxygen atoms in total. The van der Waals surface area contributed by atoms with E-state index in [1.165, 1.54) is 19.3 Å². The van der Waals surface area contributed by atoms with E-state index in [4.69, 9.17) is 5.73 Å². The van der Waals surface area contributed by atoms with Crippen LogP contribution in [0.4, 0.5) is 0 Å². The third kappa shape index (κ3) is 3.06. The molecule has 0 saturated heterocycles. The van der Waals surface area contributed by atoms with Crippen molar-refractivity contribution in [1.82, 2.24) is 4.98 Å². The molecule has 2 N–H and O–H groups in total. The number of aryl methyl sites for hydroxylation is 1. The van der Waals surface area contributed by atoms with Gasteiger partial charge in [0.2, 0.25) is 0 Å². The fourth-order valence-corrected chi connectivity index (χ4v) is 3.29. The van der Waals surface area contributed by atoms with E-state index in [-0.39, 0.29) is 6.04 Å². The third-order valence-corrected chi connectivity index (χ3v) is 3.97. The lowest BCUT2D eigenvalue weighted by molar-refractivity contribution is 0.192. The number of aromatic nitrogens is 1. The lowest BCUT2D eigenvalue weighted by Crippen LogP contribution is -2.29. The molecule has 1 aromatic heterocycles. The summed E-state index contributed by atoms with van der Waals surface area (Å²) in [6.45, 7) is 6.72. The Labute approximate surface area is 105 Å². The molecule has 1 saturated carbocycles. The summed E-state index contributed by atoms with van der Waals surface area (Å²) in [6, 6.07) is 6.28. The Kier molecular flexibility index (Phi) is 3.82. The molecular formula is C15H24N2. The molecule has 2 rings (SSSR count). The number of hydrogen-bond donors (Lipinski definition) is 1. The van der Waals surface area contributed by atoms with Gasteiger partial charge in [0.1, 0.15) is 0 Å². The summed E-state index contributed by atoms with van der Waals surface area (Å²) < 4.78 is 0. The Morgan fingerprint density at radius 3 is 2.41 bits per heavy atom. The Morgan fingerprint density at radius 1 is 1.18 bits per heavy atom. The summed E-state index contributed by atoms with van der Waals surface area (Å²) in [5, 5.41) is 0. The lowest BCUT2D eigenvalue weighted by Gasteiger charge is -2.34. The molecular weight excluding hydrogens is 208 g/mol. The molecule has 3 unspecified atom stereocenters. The molecule has 1 aliphatic carbocycles. The first-order chi connectivity index (χ1) is 8.06. The lowest BCUT2D eigenvalue weighted by atomic mass is 9.73. The van der Waals surface area contributed by atoms with E-state index in [9.17, 15) is 0 Å². The van der Waals surface area contributed by atoms with Gasteiger partial charge in [-0.25, -0.2) is 0 Å². The number of pyridine rings is 1. The Hall–Kier alpha value is -0.890. The second kappa shape index (κ2) is 5.18. The van der Waals surface area contributed by atoms with E-state index < -0.39 is 0 Å². The smallest absolute Gasteiger partial charge is 0.0577 e. The Balaban J connectivity index is 2.11.